The molecular weight excluding hydrogens is 490 g/mol. The first-order valence-electron chi connectivity index (χ1n) is 8.85. The van der Waals surface area contributed by atoms with E-state index in [1.807, 2.05) is 6.92 Å². The van der Waals surface area contributed by atoms with E-state index in [2.05, 4.69) is 31.3 Å². The lowest BCUT2D eigenvalue weighted by Crippen LogP contribution is -2.13. The summed E-state index contributed by atoms with van der Waals surface area (Å²) < 4.78 is 7.61. The van der Waals surface area contributed by atoms with E-state index in [-0.39, 0.29) is 22.8 Å². The van der Waals surface area contributed by atoms with Gasteiger partial charge in [0.05, 0.1) is 21.1 Å². The van der Waals surface area contributed by atoms with Gasteiger partial charge >= 0.3 is 0 Å². The number of nitro groups is 1. The number of nitro benzene ring substituents is 1. The minimum atomic E-state index is -0.569. The van der Waals surface area contributed by atoms with Crippen molar-refractivity contribution in [2.24, 2.45) is 0 Å². The number of halogens is 2. The number of ether oxygens (including phenoxy) is 1. The molecule has 9 nitrogen and oxygen atoms in total. The average molecular weight is 503 g/mol. The molecule has 0 fully saturated rings. The Balaban J connectivity index is 1.65. The molecule has 0 bridgehead atoms. The molecule has 31 heavy (non-hydrogen) atoms. The predicted octanol–water partition coefficient (Wildman–Crippen LogP) is 5.41. The maximum atomic E-state index is 12.8. The van der Waals surface area contributed by atoms with Crippen molar-refractivity contribution in [2.45, 2.75) is 6.92 Å². The Kier molecular flexibility index (Phi) is 5.57. The molecule has 11 heteroatoms. The Labute approximate surface area is 188 Å². The topological polar surface area (TPSA) is 112 Å². The van der Waals surface area contributed by atoms with Crippen LogP contribution in [0.1, 0.15) is 16.1 Å². The fraction of sp³-hybridized carbons (Fsp3) is 0.0500. The van der Waals surface area contributed by atoms with Crippen molar-refractivity contribution in [2.75, 3.05) is 5.32 Å². The van der Waals surface area contributed by atoms with Gasteiger partial charge in [0.15, 0.2) is 11.3 Å². The molecular formula is C20H13BrClN5O4. The van der Waals surface area contributed by atoms with Gasteiger partial charge in [-0.15, -0.1) is 0 Å². The molecule has 156 valence electrons. The number of aryl methyl sites for hydroxylation is 1. The van der Waals surface area contributed by atoms with Crippen LogP contribution in [0.15, 0.2) is 59.3 Å². The molecule has 2 aromatic carbocycles. The maximum Gasteiger partial charge on any atom is 0.277 e. The second kappa shape index (κ2) is 8.32. The third-order valence-corrected chi connectivity index (χ3v) is 5.43. The van der Waals surface area contributed by atoms with E-state index in [0.29, 0.717) is 20.9 Å². The standard InChI is InChI=1S/C20H13BrClN5O4/c1-11-7-14(3-4-16(11)22)31-15-9-12(8-13(10-15)27(29)30)24-20(28)18-17(21)19-23-5-2-6-26(19)25-18/h2-10H,1H3,(H,24,28). The molecule has 0 saturated heterocycles. The van der Waals surface area contributed by atoms with Gasteiger partial charge in [0.2, 0.25) is 0 Å². The molecule has 2 heterocycles. The van der Waals surface area contributed by atoms with Crippen LogP contribution >= 0.6 is 27.5 Å². The Bertz CT molecular complexity index is 1340. The second-order valence-electron chi connectivity index (χ2n) is 6.49. The van der Waals surface area contributed by atoms with Crippen molar-refractivity contribution in [3.63, 3.8) is 0 Å². The molecule has 2 aromatic heterocycles. The van der Waals surface area contributed by atoms with E-state index < -0.39 is 10.8 Å². The number of benzene rings is 2. The molecule has 0 spiro atoms. The predicted molar refractivity (Wildman–Crippen MR) is 118 cm³/mol. The first kappa shape index (κ1) is 20.8. The number of fused-ring (bicyclic) bond motifs is 1. The van der Waals surface area contributed by atoms with E-state index in [1.54, 1.807) is 36.7 Å². The molecule has 1 N–H and O–H groups in total. The summed E-state index contributed by atoms with van der Waals surface area (Å²) in [6.07, 6.45) is 3.23. The quantitative estimate of drug-likeness (QED) is 0.289. The fourth-order valence-electron chi connectivity index (χ4n) is 2.83. The van der Waals surface area contributed by atoms with Gasteiger partial charge in [-0.1, -0.05) is 11.6 Å². The van der Waals surface area contributed by atoms with Crippen molar-refractivity contribution in [3.8, 4) is 11.5 Å². The van der Waals surface area contributed by atoms with Crippen LogP contribution in [-0.2, 0) is 0 Å². The molecule has 0 aliphatic carbocycles. The van der Waals surface area contributed by atoms with E-state index in [1.165, 1.54) is 22.7 Å². The summed E-state index contributed by atoms with van der Waals surface area (Å²) in [5, 5.41) is 18.8. The SMILES string of the molecule is Cc1cc(Oc2cc(NC(=O)c3nn4cccnc4c3Br)cc([N+](=O)[O-])c2)ccc1Cl. The highest BCUT2D eigenvalue weighted by Crippen LogP contribution is 2.32. The molecule has 0 saturated carbocycles. The summed E-state index contributed by atoms with van der Waals surface area (Å²) in [5.74, 6) is 0.0713. The highest BCUT2D eigenvalue weighted by atomic mass is 79.9. The number of hydrogen-bond acceptors (Lipinski definition) is 6. The molecule has 0 unspecified atom stereocenters. The van der Waals surface area contributed by atoms with Gasteiger partial charge in [0.1, 0.15) is 11.5 Å². The lowest BCUT2D eigenvalue weighted by atomic mass is 10.2. The molecule has 0 aliphatic rings. The molecule has 4 rings (SSSR count). The summed E-state index contributed by atoms with van der Waals surface area (Å²) >= 11 is 9.35. The van der Waals surface area contributed by atoms with Crippen molar-refractivity contribution in [1.82, 2.24) is 14.6 Å². The number of carbonyl (C=O) groups is 1. The highest BCUT2D eigenvalue weighted by molar-refractivity contribution is 9.10. The van der Waals surface area contributed by atoms with Gasteiger partial charge in [-0.3, -0.25) is 14.9 Å². The van der Waals surface area contributed by atoms with Crippen LogP contribution in [0, 0.1) is 17.0 Å². The van der Waals surface area contributed by atoms with Gasteiger partial charge in [-0.25, -0.2) is 9.50 Å². The van der Waals surface area contributed by atoms with Crippen molar-refractivity contribution < 1.29 is 14.5 Å². The highest BCUT2D eigenvalue weighted by Gasteiger charge is 2.20. The molecule has 0 aliphatic heterocycles. The van der Waals surface area contributed by atoms with Crippen LogP contribution in [-0.4, -0.2) is 25.4 Å². The number of non-ortho nitro benzene ring substituents is 1. The average Bonchev–Trinajstić information content (AvgIpc) is 3.07. The van der Waals surface area contributed by atoms with Gasteiger partial charge in [0, 0.05) is 29.5 Å². The third kappa shape index (κ3) is 4.35. The minimum absolute atomic E-state index is 0.0843. The Morgan fingerprint density at radius 3 is 2.77 bits per heavy atom. The summed E-state index contributed by atoms with van der Waals surface area (Å²) in [6.45, 7) is 1.82. The number of amides is 1. The number of nitrogens with one attached hydrogen (secondary N) is 1. The smallest absolute Gasteiger partial charge is 0.277 e. The zero-order valence-corrected chi connectivity index (χ0v) is 18.2. The number of hydrogen-bond donors (Lipinski definition) is 1. The van der Waals surface area contributed by atoms with Crippen LogP contribution < -0.4 is 10.1 Å². The summed E-state index contributed by atoms with van der Waals surface area (Å²) in [6, 6.07) is 10.7. The minimum Gasteiger partial charge on any atom is -0.457 e. The molecule has 0 radical (unpaired) electrons. The van der Waals surface area contributed by atoms with Crippen molar-refractivity contribution >= 4 is 50.5 Å². The molecule has 0 atom stereocenters. The van der Waals surface area contributed by atoms with E-state index in [0.717, 1.165) is 5.56 Å². The summed E-state index contributed by atoms with van der Waals surface area (Å²) in [4.78, 5) is 27.7. The van der Waals surface area contributed by atoms with Crippen LogP contribution in [0.4, 0.5) is 11.4 Å². The number of nitrogens with zero attached hydrogens (tertiary/aromatic N) is 4. The van der Waals surface area contributed by atoms with Gasteiger partial charge in [-0.2, -0.15) is 5.10 Å². The first-order valence-corrected chi connectivity index (χ1v) is 10.0. The number of rotatable bonds is 5. The van der Waals surface area contributed by atoms with E-state index >= 15 is 0 Å². The lowest BCUT2D eigenvalue weighted by molar-refractivity contribution is -0.384. The van der Waals surface area contributed by atoms with Crippen molar-refractivity contribution in [1.29, 1.82) is 0 Å². The summed E-state index contributed by atoms with van der Waals surface area (Å²) in [5.41, 5.74) is 1.28. The molecule has 4 aromatic rings. The number of aromatic nitrogens is 3. The Morgan fingerprint density at radius 2 is 2.06 bits per heavy atom. The van der Waals surface area contributed by atoms with Crippen molar-refractivity contribution in [3.05, 3.63) is 85.7 Å². The Morgan fingerprint density at radius 1 is 1.26 bits per heavy atom. The number of carbonyl (C=O) groups excluding carboxylic acids is 1. The maximum absolute atomic E-state index is 12.8. The monoisotopic (exact) mass is 501 g/mol. The largest absolute Gasteiger partial charge is 0.457 e. The van der Waals surface area contributed by atoms with Crippen LogP contribution in [0.5, 0.6) is 11.5 Å². The molecule has 1 amide bonds. The third-order valence-electron chi connectivity index (χ3n) is 4.28. The van der Waals surface area contributed by atoms with E-state index in [4.69, 9.17) is 16.3 Å². The van der Waals surface area contributed by atoms with Crippen LogP contribution in [0.2, 0.25) is 5.02 Å². The fourth-order valence-corrected chi connectivity index (χ4v) is 3.49. The van der Waals surface area contributed by atoms with Crippen LogP contribution in [0.3, 0.4) is 0 Å². The number of anilines is 1. The second-order valence-corrected chi connectivity index (χ2v) is 7.69. The van der Waals surface area contributed by atoms with Gasteiger partial charge in [-0.05, 0) is 52.7 Å². The normalized spacial score (nSPS) is 10.8. The zero-order chi connectivity index (χ0) is 22.1. The first-order chi connectivity index (χ1) is 14.8. The van der Waals surface area contributed by atoms with Gasteiger partial charge < -0.3 is 10.1 Å². The lowest BCUT2D eigenvalue weighted by Gasteiger charge is -2.10. The summed E-state index contributed by atoms with van der Waals surface area (Å²) in [7, 11) is 0. The van der Waals surface area contributed by atoms with E-state index in [9.17, 15) is 14.9 Å². The van der Waals surface area contributed by atoms with Gasteiger partial charge in [0.25, 0.3) is 11.6 Å². The van der Waals surface area contributed by atoms with Crippen LogP contribution in [0.25, 0.3) is 5.65 Å². The zero-order valence-electron chi connectivity index (χ0n) is 15.9. The Hall–Kier alpha value is -3.50.